The fraction of sp³-hybridized carbons (Fsp3) is 0.333. The van der Waals surface area contributed by atoms with Gasteiger partial charge >= 0.3 is 0 Å². The third-order valence-electron chi connectivity index (χ3n) is 3.17. The molecule has 0 saturated heterocycles. The van der Waals surface area contributed by atoms with Crippen molar-refractivity contribution in [2.24, 2.45) is 0 Å². The molecule has 3 nitrogen and oxygen atoms in total. The van der Waals surface area contributed by atoms with Gasteiger partial charge in [-0.15, -0.1) is 0 Å². The highest BCUT2D eigenvalue weighted by Gasteiger charge is 2.01. The first-order chi connectivity index (χ1) is 11.0. The Kier molecular flexibility index (Phi) is 7.03. The lowest BCUT2D eigenvalue weighted by atomic mass is 10.2. The predicted molar refractivity (Wildman–Crippen MR) is 98.9 cm³/mol. The van der Waals surface area contributed by atoms with Gasteiger partial charge in [0.2, 0.25) is 0 Å². The van der Waals surface area contributed by atoms with E-state index in [0.29, 0.717) is 10.0 Å². The molecule has 0 atom stereocenters. The van der Waals surface area contributed by atoms with Crippen LogP contribution < -0.4 is 15.4 Å². The molecule has 2 N–H and O–H groups in total. The summed E-state index contributed by atoms with van der Waals surface area (Å²) in [6.07, 6.45) is 0.198. The molecule has 2 aromatic carbocycles. The molecule has 5 heteroatoms. The van der Waals surface area contributed by atoms with Crippen LogP contribution in [0.4, 0.5) is 5.69 Å². The molecule has 2 aromatic rings. The Bertz CT molecular complexity index is 615. The molecule has 0 aliphatic carbocycles. The van der Waals surface area contributed by atoms with Gasteiger partial charge in [-0.3, -0.25) is 0 Å². The number of hydrogen-bond donors (Lipinski definition) is 2. The van der Waals surface area contributed by atoms with Crippen LogP contribution in [-0.2, 0) is 6.54 Å². The van der Waals surface area contributed by atoms with Crippen LogP contribution in [0, 0.1) is 0 Å². The number of benzene rings is 2. The first kappa shape index (κ1) is 17.9. The van der Waals surface area contributed by atoms with Crippen LogP contribution in [0.5, 0.6) is 5.75 Å². The van der Waals surface area contributed by atoms with Gasteiger partial charge in [0.25, 0.3) is 0 Å². The number of ether oxygens (including phenoxy) is 1. The Morgan fingerprint density at radius 1 is 1.00 bits per heavy atom. The lowest BCUT2D eigenvalue weighted by Crippen LogP contribution is -2.21. The summed E-state index contributed by atoms with van der Waals surface area (Å²) in [6.45, 7) is 6.46. The van der Waals surface area contributed by atoms with E-state index in [1.807, 2.05) is 32.0 Å². The van der Waals surface area contributed by atoms with Crippen LogP contribution in [0.25, 0.3) is 0 Å². The van der Waals surface area contributed by atoms with Crippen LogP contribution in [-0.4, -0.2) is 19.2 Å². The second-order valence-corrected chi connectivity index (χ2v) is 6.38. The van der Waals surface area contributed by atoms with Gasteiger partial charge in [0.1, 0.15) is 5.75 Å². The van der Waals surface area contributed by atoms with E-state index in [1.54, 1.807) is 12.1 Å². The van der Waals surface area contributed by atoms with E-state index in [-0.39, 0.29) is 6.10 Å². The smallest absolute Gasteiger partial charge is 0.119 e. The molecule has 0 unspecified atom stereocenters. The Morgan fingerprint density at radius 2 is 1.74 bits per heavy atom. The Morgan fingerprint density at radius 3 is 2.43 bits per heavy atom. The fourth-order valence-electron chi connectivity index (χ4n) is 2.11. The summed E-state index contributed by atoms with van der Waals surface area (Å²) in [5, 5.41) is 8.01. The van der Waals surface area contributed by atoms with Crippen LogP contribution in [0.15, 0.2) is 42.5 Å². The normalized spacial score (nSPS) is 10.8. The minimum atomic E-state index is 0.198. The maximum absolute atomic E-state index is 6.10. The Labute approximate surface area is 147 Å². The van der Waals surface area contributed by atoms with Crippen molar-refractivity contribution < 1.29 is 4.74 Å². The summed E-state index contributed by atoms with van der Waals surface area (Å²) in [5.74, 6) is 0.904. The van der Waals surface area contributed by atoms with Gasteiger partial charge < -0.3 is 15.4 Å². The molecule has 2 rings (SSSR count). The summed E-state index contributed by atoms with van der Waals surface area (Å²) in [7, 11) is 0. The molecule has 0 aliphatic rings. The minimum absolute atomic E-state index is 0.198. The Balaban J connectivity index is 1.70. The number of nitrogens with one attached hydrogen (secondary N) is 2. The summed E-state index contributed by atoms with van der Waals surface area (Å²) in [4.78, 5) is 0. The molecule has 0 amide bonds. The zero-order valence-corrected chi connectivity index (χ0v) is 14.9. The molecule has 23 heavy (non-hydrogen) atoms. The zero-order chi connectivity index (χ0) is 16.7. The maximum atomic E-state index is 6.10. The number of hydrogen-bond acceptors (Lipinski definition) is 3. The van der Waals surface area contributed by atoms with Crippen molar-refractivity contribution >= 4 is 28.9 Å². The average Bonchev–Trinajstić information content (AvgIpc) is 2.51. The van der Waals surface area contributed by atoms with E-state index in [2.05, 4.69) is 22.8 Å². The van der Waals surface area contributed by atoms with E-state index in [9.17, 15) is 0 Å². The number of anilines is 1. The highest BCUT2D eigenvalue weighted by Crippen LogP contribution is 2.24. The van der Waals surface area contributed by atoms with Crippen molar-refractivity contribution in [1.82, 2.24) is 5.32 Å². The molecule has 0 radical (unpaired) electrons. The van der Waals surface area contributed by atoms with Gasteiger partial charge in [-0.05, 0) is 49.7 Å². The van der Waals surface area contributed by atoms with Gasteiger partial charge in [-0.25, -0.2) is 0 Å². The molecule has 0 aliphatic heterocycles. The van der Waals surface area contributed by atoms with Crippen molar-refractivity contribution in [1.29, 1.82) is 0 Å². The summed E-state index contributed by atoms with van der Waals surface area (Å²) in [6, 6.07) is 13.6. The monoisotopic (exact) mass is 352 g/mol. The average molecular weight is 353 g/mol. The highest BCUT2D eigenvalue weighted by molar-refractivity contribution is 6.35. The standard InChI is InChI=1S/C18H22Cl2N2O/c1-13(2)23-16-6-3-14(4-7-16)12-21-9-10-22-18-11-15(19)5-8-17(18)20/h3-8,11,13,21-22H,9-10,12H2,1-2H3. The summed E-state index contributed by atoms with van der Waals surface area (Å²) in [5.41, 5.74) is 2.08. The predicted octanol–water partition coefficient (Wildman–Crippen LogP) is 4.98. The number of halogens is 2. The molecule has 124 valence electrons. The van der Waals surface area contributed by atoms with Crippen LogP contribution in [0.2, 0.25) is 10.0 Å². The third-order valence-corrected chi connectivity index (χ3v) is 3.73. The fourth-order valence-corrected chi connectivity index (χ4v) is 2.47. The maximum Gasteiger partial charge on any atom is 0.119 e. The van der Waals surface area contributed by atoms with Gasteiger partial charge in [0.05, 0.1) is 16.8 Å². The van der Waals surface area contributed by atoms with Crippen LogP contribution >= 0.6 is 23.2 Å². The quantitative estimate of drug-likeness (QED) is 0.657. The van der Waals surface area contributed by atoms with Crippen molar-refractivity contribution in [2.75, 3.05) is 18.4 Å². The van der Waals surface area contributed by atoms with Crippen molar-refractivity contribution in [3.8, 4) is 5.75 Å². The van der Waals surface area contributed by atoms with Crippen LogP contribution in [0.1, 0.15) is 19.4 Å². The lowest BCUT2D eigenvalue weighted by molar-refractivity contribution is 0.242. The second-order valence-electron chi connectivity index (χ2n) is 5.54. The summed E-state index contributed by atoms with van der Waals surface area (Å²) < 4.78 is 5.63. The molecule has 0 spiro atoms. The molecule has 0 fully saturated rings. The van der Waals surface area contributed by atoms with Gasteiger partial charge in [-0.2, -0.15) is 0 Å². The first-order valence-corrected chi connectivity index (χ1v) is 8.45. The van der Waals surface area contributed by atoms with E-state index < -0.39 is 0 Å². The Hall–Kier alpha value is -1.42. The number of rotatable bonds is 8. The molecular formula is C18H22Cl2N2O. The molecule has 0 saturated carbocycles. The second kappa shape index (κ2) is 9.02. The SMILES string of the molecule is CC(C)Oc1ccc(CNCCNc2cc(Cl)ccc2Cl)cc1. The van der Waals surface area contributed by atoms with Gasteiger partial charge in [-0.1, -0.05) is 35.3 Å². The van der Waals surface area contributed by atoms with Crippen molar-refractivity contribution in [2.45, 2.75) is 26.5 Å². The third kappa shape index (κ3) is 6.30. The highest BCUT2D eigenvalue weighted by atomic mass is 35.5. The minimum Gasteiger partial charge on any atom is -0.491 e. The van der Waals surface area contributed by atoms with Gasteiger partial charge in [0, 0.05) is 24.7 Å². The van der Waals surface area contributed by atoms with E-state index in [4.69, 9.17) is 27.9 Å². The van der Waals surface area contributed by atoms with Crippen molar-refractivity contribution in [3.05, 3.63) is 58.1 Å². The molecular weight excluding hydrogens is 331 g/mol. The van der Waals surface area contributed by atoms with Gasteiger partial charge in [0.15, 0.2) is 0 Å². The largest absolute Gasteiger partial charge is 0.491 e. The first-order valence-electron chi connectivity index (χ1n) is 7.70. The topological polar surface area (TPSA) is 33.3 Å². The lowest BCUT2D eigenvalue weighted by Gasteiger charge is -2.11. The van der Waals surface area contributed by atoms with E-state index >= 15 is 0 Å². The summed E-state index contributed by atoms with van der Waals surface area (Å²) >= 11 is 12.1. The van der Waals surface area contributed by atoms with E-state index in [1.165, 1.54) is 5.56 Å². The van der Waals surface area contributed by atoms with Crippen LogP contribution in [0.3, 0.4) is 0 Å². The molecule has 0 aromatic heterocycles. The van der Waals surface area contributed by atoms with E-state index in [0.717, 1.165) is 31.1 Å². The zero-order valence-electron chi connectivity index (χ0n) is 13.4. The molecule has 0 bridgehead atoms. The molecule has 0 heterocycles. The van der Waals surface area contributed by atoms with Crippen molar-refractivity contribution in [3.63, 3.8) is 0 Å².